The van der Waals surface area contributed by atoms with E-state index >= 15 is 0 Å². The van der Waals surface area contributed by atoms with Crippen LogP contribution in [0.3, 0.4) is 0 Å². The fourth-order valence-electron chi connectivity index (χ4n) is 1.85. The number of nitrogens with one attached hydrogen (secondary N) is 1. The molecule has 1 aliphatic rings. The van der Waals surface area contributed by atoms with Gasteiger partial charge in [0.05, 0.1) is 5.69 Å². The van der Waals surface area contributed by atoms with Gasteiger partial charge in [-0.15, -0.1) is 35.0 Å². The van der Waals surface area contributed by atoms with E-state index in [9.17, 15) is 9.59 Å². The topological polar surface area (TPSA) is 55.4 Å². The number of alkyl halides is 2. The Labute approximate surface area is 137 Å². The molecular weight excluding hydrogens is 333 g/mol. The number of para-hydroxylation sites is 1. The molecule has 0 aliphatic heterocycles. The maximum absolute atomic E-state index is 11.8. The second-order valence-electron chi connectivity index (χ2n) is 5.04. The van der Waals surface area contributed by atoms with Gasteiger partial charge in [0, 0.05) is 11.3 Å². The Morgan fingerprint density at radius 2 is 2.00 bits per heavy atom. The lowest BCUT2D eigenvalue weighted by molar-refractivity contribution is -0.152. The van der Waals surface area contributed by atoms with E-state index in [1.54, 1.807) is 13.0 Å². The summed E-state index contributed by atoms with van der Waals surface area (Å²) in [6.07, 6.45) is 2.25. The van der Waals surface area contributed by atoms with Gasteiger partial charge in [-0.1, -0.05) is 12.1 Å². The first-order valence-corrected chi connectivity index (χ1v) is 8.26. The summed E-state index contributed by atoms with van der Waals surface area (Å²) in [7, 11) is 0. The fraction of sp³-hybridized carbons (Fsp3) is 0.429. The van der Waals surface area contributed by atoms with Crippen molar-refractivity contribution < 1.29 is 14.3 Å². The zero-order chi connectivity index (χ0) is 15.7. The van der Waals surface area contributed by atoms with Crippen LogP contribution < -0.4 is 5.32 Å². The van der Waals surface area contributed by atoms with E-state index in [2.05, 4.69) is 5.32 Å². The minimum absolute atomic E-state index is 0.332. The number of amides is 1. The van der Waals surface area contributed by atoms with Crippen molar-refractivity contribution in [3.63, 3.8) is 0 Å². The Kier molecular flexibility index (Phi) is 4.76. The molecule has 1 aromatic rings. The molecule has 7 heteroatoms. The molecule has 1 aliphatic carbocycles. The van der Waals surface area contributed by atoms with Gasteiger partial charge in [-0.25, -0.2) is 0 Å². The highest BCUT2D eigenvalue weighted by Crippen LogP contribution is 2.64. The number of benzene rings is 1. The highest BCUT2D eigenvalue weighted by molar-refractivity contribution is 7.98. The third kappa shape index (κ3) is 3.47. The van der Waals surface area contributed by atoms with Crippen molar-refractivity contribution in [2.24, 2.45) is 5.41 Å². The molecule has 21 heavy (non-hydrogen) atoms. The molecular formula is C14H15Cl2NO3S. The van der Waals surface area contributed by atoms with Gasteiger partial charge in [-0.05, 0) is 25.3 Å². The number of carbonyl (C=O) groups is 2. The van der Waals surface area contributed by atoms with E-state index in [0.717, 1.165) is 4.90 Å². The Hall–Kier alpha value is -0.910. The number of ether oxygens (including phenoxy) is 1. The van der Waals surface area contributed by atoms with Gasteiger partial charge >= 0.3 is 5.97 Å². The summed E-state index contributed by atoms with van der Waals surface area (Å²) in [5.74, 6) is -0.954. The normalized spacial score (nSPS) is 22.5. The van der Waals surface area contributed by atoms with Crippen LogP contribution in [0.5, 0.6) is 0 Å². The zero-order valence-corrected chi connectivity index (χ0v) is 13.9. The highest BCUT2D eigenvalue weighted by Gasteiger charge is 2.69. The molecule has 1 N–H and O–H groups in total. The van der Waals surface area contributed by atoms with Gasteiger partial charge in [0.15, 0.2) is 6.61 Å². The number of anilines is 1. The molecule has 2 rings (SSSR count). The van der Waals surface area contributed by atoms with Crippen molar-refractivity contribution in [2.75, 3.05) is 18.2 Å². The smallest absolute Gasteiger partial charge is 0.315 e. The number of hydrogen-bond donors (Lipinski definition) is 1. The molecule has 4 nitrogen and oxygen atoms in total. The largest absolute Gasteiger partial charge is 0.455 e. The molecule has 0 spiro atoms. The summed E-state index contributed by atoms with van der Waals surface area (Å²) in [5, 5.41) is 2.71. The average Bonchev–Trinajstić information content (AvgIpc) is 2.97. The van der Waals surface area contributed by atoms with Crippen molar-refractivity contribution in [1.29, 1.82) is 0 Å². The summed E-state index contributed by atoms with van der Waals surface area (Å²) in [4.78, 5) is 24.6. The van der Waals surface area contributed by atoms with E-state index in [1.165, 1.54) is 11.8 Å². The quantitative estimate of drug-likeness (QED) is 0.503. The molecule has 114 valence electrons. The van der Waals surface area contributed by atoms with Crippen molar-refractivity contribution in [2.45, 2.75) is 22.6 Å². The Morgan fingerprint density at radius 3 is 2.57 bits per heavy atom. The molecule has 0 unspecified atom stereocenters. The molecule has 1 amide bonds. The summed E-state index contributed by atoms with van der Waals surface area (Å²) >= 11 is 13.3. The van der Waals surface area contributed by atoms with Gasteiger partial charge in [0.25, 0.3) is 5.91 Å². The first-order chi connectivity index (χ1) is 9.80. The number of thioether (sulfide) groups is 1. The van der Waals surface area contributed by atoms with Gasteiger partial charge < -0.3 is 10.1 Å². The van der Waals surface area contributed by atoms with Crippen molar-refractivity contribution >= 4 is 52.5 Å². The van der Waals surface area contributed by atoms with Gasteiger partial charge in [-0.2, -0.15) is 0 Å². The number of carbonyl (C=O) groups excluding carboxylic acids is 2. The SMILES string of the molecule is CSc1ccccc1NC(=O)COC(=O)[C@]1(C)CC1(Cl)Cl. The van der Waals surface area contributed by atoms with E-state index in [0.29, 0.717) is 12.1 Å². The number of rotatable bonds is 5. The molecule has 0 heterocycles. The summed E-state index contributed by atoms with van der Waals surface area (Å²) in [5.41, 5.74) is -0.235. The Bertz CT molecular complexity index is 579. The Balaban J connectivity index is 1.87. The van der Waals surface area contributed by atoms with Crippen LogP contribution in [0.4, 0.5) is 5.69 Å². The maximum Gasteiger partial charge on any atom is 0.315 e. The van der Waals surface area contributed by atoms with Crippen LogP contribution in [-0.2, 0) is 14.3 Å². The number of hydrogen-bond acceptors (Lipinski definition) is 4. The van der Waals surface area contributed by atoms with E-state index in [-0.39, 0.29) is 6.61 Å². The summed E-state index contributed by atoms with van der Waals surface area (Å²) < 4.78 is 3.89. The van der Waals surface area contributed by atoms with Gasteiger partial charge in [-0.3, -0.25) is 9.59 Å². The molecule has 0 radical (unpaired) electrons. The van der Waals surface area contributed by atoms with Crippen molar-refractivity contribution in [1.82, 2.24) is 0 Å². The van der Waals surface area contributed by atoms with Crippen LogP contribution in [0.15, 0.2) is 29.2 Å². The van der Waals surface area contributed by atoms with E-state index in [1.807, 2.05) is 24.5 Å². The lowest BCUT2D eigenvalue weighted by Crippen LogP contribution is -2.26. The Morgan fingerprint density at radius 1 is 1.38 bits per heavy atom. The second-order valence-corrected chi connectivity index (χ2v) is 7.37. The number of esters is 1. The highest BCUT2D eigenvalue weighted by atomic mass is 35.5. The third-order valence-corrected chi connectivity index (χ3v) is 5.32. The van der Waals surface area contributed by atoms with Crippen LogP contribution >= 0.6 is 35.0 Å². The summed E-state index contributed by atoms with van der Waals surface area (Å²) in [6.45, 7) is 1.26. The van der Waals surface area contributed by atoms with Gasteiger partial charge in [0.1, 0.15) is 9.75 Å². The first kappa shape index (κ1) is 16.5. The second kappa shape index (κ2) is 6.07. The van der Waals surface area contributed by atoms with Crippen molar-refractivity contribution in [3.8, 4) is 0 Å². The molecule has 0 aromatic heterocycles. The zero-order valence-electron chi connectivity index (χ0n) is 11.6. The maximum atomic E-state index is 11.8. The van der Waals surface area contributed by atoms with Crippen LogP contribution in [0.25, 0.3) is 0 Å². The predicted molar refractivity (Wildman–Crippen MR) is 85.0 cm³/mol. The van der Waals surface area contributed by atoms with Crippen LogP contribution in [0.1, 0.15) is 13.3 Å². The average molecular weight is 348 g/mol. The predicted octanol–water partition coefficient (Wildman–Crippen LogP) is 3.47. The molecule has 1 atom stereocenters. The van der Waals surface area contributed by atoms with Crippen LogP contribution in [0, 0.1) is 5.41 Å². The van der Waals surface area contributed by atoms with Crippen LogP contribution in [-0.4, -0.2) is 29.1 Å². The number of halogens is 2. The van der Waals surface area contributed by atoms with E-state index in [4.69, 9.17) is 27.9 Å². The third-order valence-electron chi connectivity index (χ3n) is 3.42. The van der Waals surface area contributed by atoms with Gasteiger partial charge in [0.2, 0.25) is 0 Å². The standard InChI is InChI=1S/C14H15Cl2NO3S/c1-13(8-14(13,15)16)12(19)20-7-11(18)17-9-5-3-4-6-10(9)21-2/h3-6H,7-8H2,1-2H3,(H,17,18)/t13-/m0/s1. The first-order valence-electron chi connectivity index (χ1n) is 6.28. The monoisotopic (exact) mass is 347 g/mol. The minimum atomic E-state index is -1.09. The summed E-state index contributed by atoms with van der Waals surface area (Å²) in [6, 6.07) is 7.39. The van der Waals surface area contributed by atoms with E-state index < -0.39 is 21.6 Å². The molecule has 0 saturated heterocycles. The molecule has 0 bridgehead atoms. The molecule has 1 fully saturated rings. The molecule has 1 saturated carbocycles. The lowest BCUT2D eigenvalue weighted by Gasteiger charge is -2.12. The van der Waals surface area contributed by atoms with Crippen molar-refractivity contribution in [3.05, 3.63) is 24.3 Å². The minimum Gasteiger partial charge on any atom is -0.455 e. The van der Waals surface area contributed by atoms with Crippen LogP contribution in [0.2, 0.25) is 0 Å². The lowest BCUT2D eigenvalue weighted by atomic mass is 10.1. The molecule has 1 aromatic carbocycles. The fourth-order valence-corrected chi connectivity index (χ4v) is 3.09.